The van der Waals surface area contributed by atoms with E-state index in [0.29, 0.717) is 12.5 Å². The first-order valence-electron chi connectivity index (χ1n) is 7.98. The fraction of sp³-hybridized carbons (Fsp3) is 0.200. The van der Waals surface area contributed by atoms with Gasteiger partial charge >= 0.3 is 0 Å². The van der Waals surface area contributed by atoms with Crippen LogP contribution in [0.2, 0.25) is 0 Å². The quantitative estimate of drug-likeness (QED) is 0.799. The van der Waals surface area contributed by atoms with Crippen molar-refractivity contribution in [3.05, 3.63) is 78.1 Å². The molecule has 0 unspecified atom stereocenters. The van der Waals surface area contributed by atoms with E-state index in [9.17, 15) is 4.79 Å². The van der Waals surface area contributed by atoms with E-state index in [0.717, 1.165) is 12.1 Å². The molecule has 114 valence electrons. The molecular formula is C20H18N2O. The Bertz CT molecular complexity index is 839. The number of carbonyl (C=O) groups is 1. The second kappa shape index (κ2) is 5.84. The van der Waals surface area contributed by atoms with E-state index in [4.69, 9.17) is 0 Å². The molecule has 23 heavy (non-hydrogen) atoms. The van der Waals surface area contributed by atoms with Gasteiger partial charge in [0.2, 0.25) is 5.91 Å². The minimum absolute atomic E-state index is 0.0875. The number of pyridine rings is 1. The lowest BCUT2D eigenvalue weighted by Crippen LogP contribution is -2.25. The van der Waals surface area contributed by atoms with Gasteiger partial charge < -0.3 is 5.32 Å². The molecule has 3 heteroatoms. The fourth-order valence-corrected chi connectivity index (χ4v) is 3.21. The summed E-state index contributed by atoms with van der Waals surface area (Å²) < 4.78 is 0. The maximum Gasteiger partial charge on any atom is 0.224 e. The van der Waals surface area contributed by atoms with E-state index in [1.807, 2.05) is 18.2 Å². The van der Waals surface area contributed by atoms with Gasteiger partial charge in [0.05, 0.1) is 12.2 Å². The molecule has 0 spiro atoms. The fourth-order valence-electron chi connectivity index (χ4n) is 3.21. The monoisotopic (exact) mass is 302 g/mol. The molecule has 1 fully saturated rings. The lowest BCUT2D eigenvalue weighted by molar-refractivity contribution is -0.122. The molecule has 0 saturated heterocycles. The molecule has 1 amide bonds. The van der Waals surface area contributed by atoms with Crippen molar-refractivity contribution >= 4 is 16.7 Å². The van der Waals surface area contributed by atoms with Crippen molar-refractivity contribution in [2.45, 2.75) is 18.9 Å². The normalized spacial score (nSPS) is 19.5. The van der Waals surface area contributed by atoms with Crippen LogP contribution in [0, 0.1) is 5.92 Å². The highest BCUT2D eigenvalue weighted by atomic mass is 16.2. The summed E-state index contributed by atoms with van der Waals surface area (Å²) in [6.07, 6.45) is 2.68. The number of hydrogen-bond donors (Lipinski definition) is 1. The second-order valence-corrected chi connectivity index (χ2v) is 6.06. The molecule has 1 heterocycles. The van der Waals surface area contributed by atoms with Gasteiger partial charge in [-0.25, -0.2) is 0 Å². The van der Waals surface area contributed by atoms with Crippen LogP contribution in [0.25, 0.3) is 10.8 Å². The molecule has 0 aliphatic heterocycles. The highest BCUT2D eigenvalue weighted by Crippen LogP contribution is 2.49. The molecule has 4 rings (SSSR count). The van der Waals surface area contributed by atoms with E-state index in [1.165, 1.54) is 16.3 Å². The largest absolute Gasteiger partial charge is 0.350 e. The Labute approximate surface area is 135 Å². The first kappa shape index (κ1) is 13.9. The van der Waals surface area contributed by atoms with Gasteiger partial charge in [-0.2, -0.15) is 0 Å². The number of nitrogens with zero attached hydrogens (tertiary/aromatic N) is 1. The minimum atomic E-state index is 0.0875. The molecule has 1 N–H and O–H groups in total. The van der Waals surface area contributed by atoms with E-state index in [2.05, 4.69) is 52.8 Å². The molecule has 0 radical (unpaired) electrons. The van der Waals surface area contributed by atoms with Crippen LogP contribution in [0.4, 0.5) is 0 Å². The van der Waals surface area contributed by atoms with Crippen LogP contribution < -0.4 is 5.32 Å². The number of benzene rings is 2. The zero-order chi connectivity index (χ0) is 15.6. The van der Waals surface area contributed by atoms with Crippen molar-refractivity contribution in [3.8, 4) is 0 Å². The van der Waals surface area contributed by atoms with Gasteiger partial charge in [-0.3, -0.25) is 9.78 Å². The van der Waals surface area contributed by atoms with Gasteiger partial charge in [0.15, 0.2) is 0 Å². The summed E-state index contributed by atoms with van der Waals surface area (Å²) in [5.41, 5.74) is 2.18. The van der Waals surface area contributed by atoms with Crippen molar-refractivity contribution in [2.75, 3.05) is 0 Å². The van der Waals surface area contributed by atoms with Gasteiger partial charge in [-0.05, 0) is 40.8 Å². The highest BCUT2D eigenvalue weighted by molar-refractivity contribution is 5.89. The standard InChI is InChI=1S/C20H18N2O/c23-20(22-13-15-8-3-4-11-21-15)19-12-18(19)17-10-5-7-14-6-1-2-9-16(14)17/h1-11,18-19H,12-13H2,(H,22,23)/t18-,19+/m1/s1. The molecular weight excluding hydrogens is 284 g/mol. The number of carbonyl (C=O) groups excluding carboxylic acids is 1. The summed E-state index contributed by atoms with van der Waals surface area (Å²) in [5.74, 6) is 0.558. The van der Waals surface area contributed by atoms with E-state index >= 15 is 0 Å². The number of nitrogens with one attached hydrogen (secondary N) is 1. The summed E-state index contributed by atoms with van der Waals surface area (Å²) in [4.78, 5) is 16.6. The zero-order valence-corrected chi connectivity index (χ0v) is 12.8. The van der Waals surface area contributed by atoms with Crippen molar-refractivity contribution in [3.63, 3.8) is 0 Å². The lowest BCUT2D eigenvalue weighted by Gasteiger charge is -2.07. The van der Waals surface area contributed by atoms with Crippen LogP contribution in [0.1, 0.15) is 23.6 Å². The van der Waals surface area contributed by atoms with Gasteiger partial charge in [-0.15, -0.1) is 0 Å². The van der Waals surface area contributed by atoms with Crippen LogP contribution >= 0.6 is 0 Å². The molecule has 3 nitrogen and oxygen atoms in total. The van der Waals surface area contributed by atoms with E-state index in [1.54, 1.807) is 6.20 Å². The predicted molar refractivity (Wildman–Crippen MR) is 90.9 cm³/mol. The van der Waals surface area contributed by atoms with Crippen molar-refractivity contribution < 1.29 is 4.79 Å². The van der Waals surface area contributed by atoms with E-state index < -0.39 is 0 Å². The number of hydrogen-bond acceptors (Lipinski definition) is 2. The number of amides is 1. The number of fused-ring (bicyclic) bond motifs is 1. The van der Waals surface area contributed by atoms with Crippen LogP contribution in [0.5, 0.6) is 0 Å². The molecule has 2 aromatic carbocycles. The predicted octanol–water partition coefficient (Wildman–Crippen LogP) is 3.65. The third-order valence-electron chi connectivity index (χ3n) is 4.52. The summed E-state index contributed by atoms with van der Waals surface area (Å²) in [7, 11) is 0. The average Bonchev–Trinajstić information content (AvgIpc) is 3.41. The SMILES string of the molecule is O=C(NCc1ccccn1)[C@H]1C[C@@H]1c1cccc2ccccc12. The molecule has 1 aliphatic carbocycles. The maximum absolute atomic E-state index is 12.4. The smallest absolute Gasteiger partial charge is 0.224 e. The summed E-state index contributed by atoms with van der Waals surface area (Å²) in [6.45, 7) is 0.498. The first-order chi connectivity index (χ1) is 11.3. The van der Waals surface area contributed by atoms with Gasteiger partial charge in [-0.1, -0.05) is 48.5 Å². The molecule has 1 aromatic heterocycles. The van der Waals surface area contributed by atoms with Crippen LogP contribution in [-0.4, -0.2) is 10.9 Å². The Morgan fingerprint density at radius 3 is 2.74 bits per heavy atom. The highest BCUT2D eigenvalue weighted by Gasteiger charge is 2.44. The summed E-state index contributed by atoms with van der Waals surface area (Å²) >= 11 is 0. The topological polar surface area (TPSA) is 42.0 Å². The van der Waals surface area contributed by atoms with Crippen LogP contribution in [-0.2, 0) is 11.3 Å². The van der Waals surface area contributed by atoms with E-state index in [-0.39, 0.29) is 11.8 Å². The van der Waals surface area contributed by atoms with Crippen molar-refractivity contribution in [1.82, 2.24) is 10.3 Å². The zero-order valence-electron chi connectivity index (χ0n) is 12.8. The third kappa shape index (κ3) is 2.82. The Hall–Kier alpha value is -2.68. The summed E-state index contributed by atoms with van der Waals surface area (Å²) in [5, 5.41) is 5.51. The Balaban J connectivity index is 1.46. The number of aromatic nitrogens is 1. The maximum atomic E-state index is 12.4. The lowest BCUT2D eigenvalue weighted by atomic mass is 10.00. The molecule has 0 bridgehead atoms. The van der Waals surface area contributed by atoms with Gasteiger partial charge in [0.1, 0.15) is 0 Å². The Morgan fingerprint density at radius 2 is 1.87 bits per heavy atom. The molecule has 1 aliphatic rings. The van der Waals surface area contributed by atoms with Crippen LogP contribution in [0.15, 0.2) is 66.9 Å². The third-order valence-corrected chi connectivity index (χ3v) is 4.52. The number of rotatable bonds is 4. The average molecular weight is 302 g/mol. The summed E-state index contributed by atoms with van der Waals surface area (Å²) in [6, 6.07) is 20.5. The molecule has 3 aromatic rings. The Kier molecular flexibility index (Phi) is 3.54. The van der Waals surface area contributed by atoms with Crippen LogP contribution in [0.3, 0.4) is 0 Å². The van der Waals surface area contributed by atoms with Gasteiger partial charge in [0, 0.05) is 12.1 Å². The molecule has 1 saturated carbocycles. The van der Waals surface area contributed by atoms with Crippen molar-refractivity contribution in [1.29, 1.82) is 0 Å². The molecule has 2 atom stereocenters. The van der Waals surface area contributed by atoms with Gasteiger partial charge in [0.25, 0.3) is 0 Å². The second-order valence-electron chi connectivity index (χ2n) is 6.06. The minimum Gasteiger partial charge on any atom is -0.350 e. The van der Waals surface area contributed by atoms with Crippen molar-refractivity contribution in [2.24, 2.45) is 5.92 Å². The first-order valence-corrected chi connectivity index (χ1v) is 7.98. The Morgan fingerprint density at radius 1 is 1.04 bits per heavy atom.